The Labute approximate surface area is 185 Å². The second-order valence-corrected chi connectivity index (χ2v) is 8.43. The van der Waals surface area contributed by atoms with Crippen LogP contribution in [0, 0.1) is 5.82 Å². The number of methoxy groups -OCH3 is 1. The van der Waals surface area contributed by atoms with Crippen molar-refractivity contribution in [2.45, 2.75) is 45.3 Å². The third-order valence-corrected chi connectivity index (χ3v) is 5.95. The van der Waals surface area contributed by atoms with Crippen molar-refractivity contribution in [3.05, 3.63) is 68.4 Å². The molecular weight excluding hydrogens is 457 g/mol. The average molecular weight is 483 g/mol. The highest BCUT2D eigenvalue weighted by Gasteiger charge is 2.13. The van der Waals surface area contributed by atoms with Crippen molar-refractivity contribution < 1.29 is 13.9 Å². The molecule has 6 heteroatoms. The van der Waals surface area contributed by atoms with E-state index in [1.165, 1.54) is 37.8 Å². The summed E-state index contributed by atoms with van der Waals surface area (Å²) in [5, 5.41) is 3.85. The summed E-state index contributed by atoms with van der Waals surface area (Å²) in [5.74, 6) is 0.877. The summed E-state index contributed by atoms with van der Waals surface area (Å²) >= 11 is 9.67. The van der Waals surface area contributed by atoms with E-state index in [1.807, 2.05) is 12.1 Å². The molecule has 0 unspecified atom stereocenters. The molecule has 0 aliphatic heterocycles. The summed E-state index contributed by atoms with van der Waals surface area (Å²) in [7, 11) is 1.62. The minimum atomic E-state index is -0.367. The predicted molar refractivity (Wildman–Crippen MR) is 119 cm³/mol. The fourth-order valence-electron chi connectivity index (χ4n) is 3.42. The van der Waals surface area contributed by atoms with Crippen LogP contribution in [0.3, 0.4) is 0 Å². The van der Waals surface area contributed by atoms with Gasteiger partial charge in [-0.2, -0.15) is 0 Å². The Morgan fingerprint density at radius 1 is 1.21 bits per heavy atom. The molecule has 0 radical (unpaired) electrons. The number of halogens is 3. The number of benzene rings is 2. The van der Waals surface area contributed by atoms with Crippen molar-refractivity contribution in [3.63, 3.8) is 0 Å². The zero-order chi connectivity index (χ0) is 20.6. The Hall–Kier alpha value is -1.56. The van der Waals surface area contributed by atoms with Gasteiger partial charge in [0.25, 0.3) is 0 Å². The topological polar surface area (TPSA) is 30.5 Å². The summed E-state index contributed by atoms with van der Waals surface area (Å²) < 4.78 is 25.5. The number of rotatable bonds is 9. The lowest BCUT2D eigenvalue weighted by Gasteiger charge is -2.16. The molecule has 0 spiro atoms. The highest BCUT2D eigenvalue weighted by Crippen LogP contribution is 2.37. The summed E-state index contributed by atoms with van der Waals surface area (Å²) in [5.41, 5.74) is 3.40. The van der Waals surface area contributed by atoms with E-state index in [2.05, 4.69) is 27.3 Å². The smallest absolute Gasteiger partial charge is 0.175 e. The highest BCUT2D eigenvalue weighted by molar-refractivity contribution is 9.10. The Kier molecular flexibility index (Phi) is 8.40. The van der Waals surface area contributed by atoms with Gasteiger partial charge in [0.2, 0.25) is 0 Å². The average Bonchev–Trinajstić information content (AvgIpc) is 2.72. The van der Waals surface area contributed by atoms with Crippen LogP contribution in [-0.4, -0.2) is 13.7 Å². The SMILES string of the molecule is COc1cc(CNCCC2=CCCCC2)cc(Br)c1OCc1ccc(F)cc1Cl. The molecule has 0 aromatic heterocycles. The molecule has 1 aliphatic carbocycles. The van der Waals surface area contributed by atoms with Gasteiger partial charge in [-0.25, -0.2) is 4.39 Å². The van der Waals surface area contributed by atoms with Crippen LogP contribution in [0.15, 0.2) is 46.5 Å². The number of allylic oxidation sites excluding steroid dienone is 1. The van der Waals surface area contributed by atoms with Crippen LogP contribution in [0.1, 0.15) is 43.2 Å². The minimum absolute atomic E-state index is 0.223. The van der Waals surface area contributed by atoms with Crippen LogP contribution in [0.25, 0.3) is 0 Å². The van der Waals surface area contributed by atoms with Gasteiger partial charge in [-0.05, 0) is 84.4 Å². The van der Waals surface area contributed by atoms with Crippen LogP contribution in [0.4, 0.5) is 4.39 Å². The molecule has 0 amide bonds. The fraction of sp³-hybridized carbons (Fsp3) is 0.391. The molecule has 1 aliphatic rings. The van der Waals surface area contributed by atoms with Crippen LogP contribution in [0.2, 0.25) is 5.02 Å². The molecule has 0 atom stereocenters. The van der Waals surface area contributed by atoms with Crippen molar-refractivity contribution in [1.29, 1.82) is 0 Å². The van der Waals surface area contributed by atoms with Gasteiger partial charge in [0.15, 0.2) is 11.5 Å². The maximum atomic E-state index is 13.2. The normalized spacial score (nSPS) is 13.9. The van der Waals surface area contributed by atoms with Gasteiger partial charge in [0, 0.05) is 12.1 Å². The van der Waals surface area contributed by atoms with E-state index in [0.717, 1.165) is 29.5 Å². The van der Waals surface area contributed by atoms with Crippen molar-refractivity contribution >= 4 is 27.5 Å². The van der Waals surface area contributed by atoms with E-state index >= 15 is 0 Å². The van der Waals surface area contributed by atoms with E-state index in [4.69, 9.17) is 21.1 Å². The number of nitrogens with one attached hydrogen (secondary N) is 1. The molecule has 29 heavy (non-hydrogen) atoms. The summed E-state index contributed by atoms with van der Waals surface area (Å²) in [6, 6.07) is 8.27. The van der Waals surface area contributed by atoms with Gasteiger partial charge in [-0.1, -0.05) is 29.3 Å². The Morgan fingerprint density at radius 3 is 2.79 bits per heavy atom. The first kappa shape index (κ1) is 22.1. The lowest BCUT2D eigenvalue weighted by molar-refractivity contribution is 0.282. The molecule has 156 valence electrons. The first-order valence-corrected chi connectivity index (χ1v) is 11.1. The van der Waals surface area contributed by atoms with Crippen LogP contribution in [-0.2, 0) is 13.2 Å². The number of hydrogen-bond donors (Lipinski definition) is 1. The first-order chi connectivity index (χ1) is 14.1. The third kappa shape index (κ3) is 6.46. The second-order valence-electron chi connectivity index (χ2n) is 7.17. The molecule has 0 bridgehead atoms. The molecule has 1 N–H and O–H groups in total. The van der Waals surface area contributed by atoms with Crippen molar-refractivity contribution in [2.75, 3.05) is 13.7 Å². The second kappa shape index (κ2) is 11.0. The van der Waals surface area contributed by atoms with Crippen LogP contribution in [0.5, 0.6) is 11.5 Å². The van der Waals surface area contributed by atoms with Crippen molar-refractivity contribution in [3.8, 4) is 11.5 Å². The monoisotopic (exact) mass is 481 g/mol. The van der Waals surface area contributed by atoms with Gasteiger partial charge < -0.3 is 14.8 Å². The Morgan fingerprint density at radius 2 is 2.07 bits per heavy atom. The van der Waals surface area contributed by atoms with Gasteiger partial charge in [0.05, 0.1) is 16.6 Å². The fourth-order valence-corrected chi connectivity index (χ4v) is 4.24. The Bertz CT molecular complexity index is 872. The van der Waals surface area contributed by atoms with E-state index in [9.17, 15) is 4.39 Å². The lowest BCUT2D eigenvalue weighted by Crippen LogP contribution is -2.16. The maximum absolute atomic E-state index is 13.2. The largest absolute Gasteiger partial charge is 0.493 e. The Balaban J connectivity index is 1.58. The summed E-state index contributed by atoms with van der Waals surface area (Å²) in [4.78, 5) is 0. The predicted octanol–water partition coefficient (Wildman–Crippen LogP) is 6.81. The molecule has 0 heterocycles. The van der Waals surface area contributed by atoms with E-state index in [-0.39, 0.29) is 12.4 Å². The molecule has 3 rings (SSSR count). The van der Waals surface area contributed by atoms with Gasteiger partial charge in [-0.15, -0.1) is 0 Å². The summed E-state index contributed by atoms with van der Waals surface area (Å²) in [6.45, 7) is 1.94. The van der Waals surface area contributed by atoms with Crippen molar-refractivity contribution in [2.24, 2.45) is 0 Å². The number of hydrogen-bond acceptors (Lipinski definition) is 3. The van der Waals surface area contributed by atoms with Gasteiger partial charge >= 0.3 is 0 Å². The third-order valence-electron chi connectivity index (χ3n) is 5.01. The van der Waals surface area contributed by atoms with E-state index in [0.29, 0.717) is 22.1 Å². The minimum Gasteiger partial charge on any atom is -0.493 e. The van der Waals surface area contributed by atoms with E-state index in [1.54, 1.807) is 18.7 Å². The molecule has 2 aromatic rings. The standard InChI is InChI=1S/C23H26BrClFNO2/c1-28-22-12-17(14-27-10-9-16-5-3-2-4-6-16)11-20(24)23(22)29-15-18-7-8-19(26)13-21(18)25/h5,7-8,11-13,27H,2-4,6,9-10,14-15H2,1H3. The molecule has 0 saturated heterocycles. The lowest BCUT2D eigenvalue weighted by atomic mass is 9.97. The quantitative estimate of drug-likeness (QED) is 0.314. The summed E-state index contributed by atoms with van der Waals surface area (Å²) in [6.07, 6.45) is 8.62. The zero-order valence-electron chi connectivity index (χ0n) is 16.6. The number of ether oxygens (including phenoxy) is 2. The molecule has 3 nitrogen and oxygen atoms in total. The van der Waals surface area contributed by atoms with Gasteiger partial charge in [0.1, 0.15) is 12.4 Å². The van der Waals surface area contributed by atoms with Crippen LogP contribution >= 0.6 is 27.5 Å². The van der Waals surface area contributed by atoms with Crippen molar-refractivity contribution in [1.82, 2.24) is 5.32 Å². The molecule has 0 fully saturated rings. The maximum Gasteiger partial charge on any atom is 0.175 e. The van der Waals surface area contributed by atoms with Crippen LogP contribution < -0.4 is 14.8 Å². The molecule has 0 saturated carbocycles. The molecule has 2 aromatic carbocycles. The zero-order valence-corrected chi connectivity index (χ0v) is 18.9. The molecular formula is C23H26BrClFNO2. The first-order valence-electron chi connectivity index (χ1n) is 9.88. The highest BCUT2D eigenvalue weighted by atomic mass is 79.9. The van der Waals surface area contributed by atoms with Gasteiger partial charge in [-0.3, -0.25) is 0 Å². The van der Waals surface area contributed by atoms with E-state index < -0.39 is 0 Å².